The molecular weight excluding hydrogens is 280 g/mol. The van der Waals surface area contributed by atoms with Gasteiger partial charge in [-0.1, -0.05) is 31.4 Å². The summed E-state index contributed by atoms with van der Waals surface area (Å²) >= 11 is 0. The molecule has 1 aromatic rings. The van der Waals surface area contributed by atoms with Crippen molar-refractivity contribution in [2.75, 3.05) is 6.54 Å². The first kappa shape index (κ1) is 15.7. The Morgan fingerprint density at radius 1 is 1.29 bits per heavy atom. The molecule has 0 atom stereocenters. The molecule has 21 heavy (non-hydrogen) atoms. The minimum atomic E-state index is -2.98. The van der Waals surface area contributed by atoms with Crippen LogP contribution in [0.2, 0.25) is 0 Å². The highest BCUT2D eigenvalue weighted by molar-refractivity contribution is 5.96. The van der Waals surface area contributed by atoms with Gasteiger partial charge in [0.05, 0.1) is 11.2 Å². The van der Waals surface area contributed by atoms with Crippen molar-refractivity contribution in [3.63, 3.8) is 0 Å². The zero-order chi connectivity index (χ0) is 15.3. The molecule has 2 rings (SSSR count). The molecule has 4 nitrogen and oxygen atoms in total. The number of nitrogens with one attached hydrogen (secondary N) is 1. The normalized spacial score (nSPS) is 17.5. The Balaban J connectivity index is 2.00. The third kappa shape index (κ3) is 4.39. The molecule has 0 aromatic heterocycles. The van der Waals surface area contributed by atoms with Gasteiger partial charge < -0.3 is 15.2 Å². The van der Waals surface area contributed by atoms with Crippen molar-refractivity contribution in [1.82, 2.24) is 5.32 Å². The Morgan fingerprint density at radius 3 is 2.62 bits per heavy atom. The number of carbonyl (C=O) groups is 1. The molecule has 2 N–H and O–H groups in total. The van der Waals surface area contributed by atoms with E-state index in [4.69, 9.17) is 0 Å². The topological polar surface area (TPSA) is 58.6 Å². The highest BCUT2D eigenvalue weighted by Crippen LogP contribution is 2.27. The average Bonchev–Trinajstić information content (AvgIpc) is 2.46. The molecule has 1 aliphatic carbocycles. The molecule has 6 heteroatoms. The van der Waals surface area contributed by atoms with E-state index in [9.17, 15) is 18.7 Å². The van der Waals surface area contributed by atoms with Gasteiger partial charge in [0, 0.05) is 6.54 Å². The van der Waals surface area contributed by atoms with Crippen molar-refractivity contribution in [1.29, 1.82) is 0 Å². The van der Waals surface area contributed by atoms with Crippen LogP contribution in [-0.4, -0.2) is 29.8 Å². The van der Waals surface area contributed by atoms with Crippen LogP contribution < -0.4 is 10.1 Å². The Kier molecular flexibility index (Phi) is 5.12. The van der Waals surface area contributed by atoms with Gasteiger partial charge in [-0.3, -0.25) is 4.79 Å². The summed E-state index contributed by atoms with van der Waals surface area (Å²) in [6, 6.07) is 5.82. The van der Waals surface area contributed by atoms with Gasteiger partial charge in [-0.15, -0.1) is 0 Å². The lowest BCUT2D eigenvalue weighted by molar-refractivity contribution is -0.0502. The molecule has 1 aromatic carbocycles. The van der Waals surface area contributed by atoms with E-state index < -0.39 is 18.1 Å². The fourth-order valence-corrected chi connectivity index (χ4v) is 2.58. The number of ether oxygens (including phenoxy) is 1. The lowest BCUT2D eigenvalue weighted by Gasteiger charge is -2.32. The van der Waals surface area contributed by atoms with Crippen LogP contribution in [0.4, 0.5) is 8.78 Å². The average molecular weight is 299 g/mol. The van der Waals surface area contributed by atoms with Crippen molar-refractivity contribution in [3.05, 3.63) is 29.8 Å². The maximum Gasteiger partial charge on any atom is 0.387 e. The number of carbonyl (C=O) groups excluding carboxylic acids is 1. The van der Waals surface area contributed by atoms with Crippen molar-refractivity contribution in [2.24, 2.45) is 0 Å². The van der Waals surface area contributed by atoms with Gasteiger partial charge in [-0.2, -0.15) is 8.78 Å². The third-order valence-corrected chi connectivity index (χ3v) is 3.71. The third-order valence-electron chi connectivity index (χ3n) is 3.71. The van der Waals surface area contributed by atoms with Crippen LogP contribution in [0.5, 0.6) is 5.75 Å². The van der Waals surface area contributed by atoms with Gasteiger partial charge in [0.25, 0.3) is 5.91 Å². The largest absolute Gasteiger partial charge is 0.434 e. The van der Waals surface area contributed by atoms with Crippen LogP contribution in [0.3, 0.4) is 0 Å². The number of halogens is 2. The van der Waals surface area contributed by atoms with E-state index in [2.05, 4.69) is 10.1 Å². The molecule has 0 spiro atoms. The number of hydrogen-bond donors (Lipinski definition) is 2. The second-order valence-electron chi connectivity index (χ2n) is 5.34. The highest BCUT2D eigenvalue weighted by Gasteiger charge is 2.29. The number of aliphatic hydroxyl groups is 1. The molecule has 1 amide bonds. The fourth-order valence-electron chi connectivity index (χ4n) is 2.58. The summed E-state index contributed by atoms with van der Waals surface area (Å²) in [6.07, 6.45) is 4.22. The van der Waals surface area contributed by atoms with Crippen molar-refractivity contribution in [2.45, 2.75) is 44.3 Å². The van der Waals surface area contributed by atoms with Crippen LogP contribution in [0.1, 0.15) is 42.5 Å². The summed E-state index contributed by atoms with van der Waals surface area (Å²) in [6.45, 7) is -2.86. The molecule has 0 saturated heterocycles. The summed E-state index contributed by atoms with van der Waals surface area (Å²) < 4.78 is 28.9. The smallest absolute Gasteiger partial charge is 0.387 e. The van der Waals surface area contributed by atoms with E-state index in [0.717, 1.165) is 19.3 Å². The SMILES string of the molecule is O=C(NCC1(O)CCCCC1)c1ccccc1OC(F)F. The number of alkyl halides is 2. The van der Waals surface area contributed by atoms with Crippen LogP contribution >= 0.6 is 0 Å². The number of rotatable bonds is 5. The van der Waals surface area contributed by atoms with E-state index in [1.54, 1.807) is 6.07 Å². The van der Waals surface area contributed by atoms with Gasteiger partial charge in [0.15, 0.2) is 0 Å². The van der Waals surface area contributed by atoms with Crippen molar-refractivity contribution >= 4 is 5.91 Å². The maximum atomic E-state index is 12.3. The molecule has 0 aliphatic heterocycles. The lowest BCUT2D eigenvalue weighted by atomic mass is 9.85. The van der Waals surface area contributed by atoms with Gasteiger partial charge in [0.2, 0.25) is 0 Å². The predicted octanol–water partition coefficient (Wildman–Crippen LogP) is 2.71. The van der Waals surface area contributed by atoms with Gasteiger partial charge in [-0.25, -0.2) is 0 Å². The van der Waals surface area contributed by atoms with E-state index in [-0.39, 0.29) is 17.9 Å². The molecule has 116 valence electrons. The molecule has 1 aliphatic rings. The summed E-state index contributed by atoms with van der Waals surface area (Å²) in [7, 11) is 0. The van der Waals surface area contributed by atoms with E-state index in [1.807, 2.05) is 0 Å². The van der Waals surface area contributed by atoms with Crippen LogP contribution in [-0.2, 0) is 0 Å². The lowest BCUT2D eigenvalue weighted by Crippen LogP contribution is -2.44. The monoisotopic (exact) mass is 299 g/mol. The minimum Gasteiger partial charge on any atom is -0.434 e. The molecular formula is C15H19F2NO3. The summed E-state index contributed by atoms with van der Waals surface area (Å²) in [5.74, 6) is -0.689. The van der Waals surface area contributed by atoms with Gasteiger partial charge >= 0.3 is 6.61 Å². The first-order valence-electron chi connectivity index (χ1n) is 7.05. The quantitative estimate of drug-likeness (QED) is 0.879. The van der Waals surface area contributed by atoms with Crippen molar-refractivity contribution in [3.8, 4) is 5.75 Å². The standard InChI is InChI=1S/C15H19F2NO3/c16-14(17)21-12-7-3-2-6-11(12)13(19)18-10-15(20)8-4-1-5-9-15/h2-3,6-7,14,20H,1,4-5,8-10H2,(H,18,19). The van der Waals surface area contributed by atoms with E-state index in [1.165, 1.54) is 18.2 Å². The summed E-state index contributed by atoms with van der Waals surface area (Å²) in [5.41, 5.74) is -0.857. The van der Waals surface area contributed by atoms with Crippen molar-refractivity contribution < 1.29 is 23.4 Å². The molecule has 0 heterocycles. The fraction of sp³-hybridized carbons (Fsp3) is 0.533. The van der Waals surface area contributed by atoms with Crippen LogP contribution in [0.15, 0.2) is 24.3 Å². The molecule has 0 radical (unpaired) electrons. The number of hydrogen-bond acceptors (Lipinski definition) is 3. The Hall–Kier alpha value is -1.69. The van der Waals surface area contributed by atoms with Gasteiger partial charge in [0.1, 0.15) is 5.75 Å². The number of para-hydroxylation sites is 1. The minimum absolute atomic E-state index is 0.0391. The second kappa shape index (κ2) is 6.85. The first-order chi connectivity index (χ1) is 10.0. The molecule has 0 unspecified atom stereocenters. The Bertz CT molecular complexity index is 488. The first-order valence-corrected chi connectivity index (χ1v) is 7.05. The van der Waals surface area contributed by atoms with Crippen LogP contribution in [0, 0.1) is 0 Å². The molecule has 1 saturated carbocycles. The zero-order valence-electron chi connectivity index (χ0n) is 11.6. The Morgan fingerprint density at radius 2 is 1.95 bits per heavy atom. The van der Waals surface area contributed by atoms with E-state index in [0.29, 0.717) is 12.8 Å². The summed E-state index contributed by atoms with van der Waals surface area (Å²) in [4.78, 5) is 12.1. The van der Waals surface area contributed by atoms with E-state index >= 15 is 0 Å². The highest BCUT2D eigenvalue weighted by atomic mass is 19.3. The number of benzene rings is 1. The summed E-state index contributed by atoms with van der Waals surface area (Å²) in [5, 5.41) is 12.9. The zero-order valence-corrected chi connectivity index (χ0v) is 11.6. The molecule has 1 fully saturated rings. The molecule has 0 bridgehead atoms. The van der Waals surface area contributed by atoms with Gasteiger partial charge in [-0.05, 0) is 25.0 Å². The predicted molar refractivity (Wildman–Crippen MR) is 73.4 cm³/mol. The second-order valence-corrected chi connectivity index (χ2v) is 5.34. The van der Waals surface area contributed by atoms with Crippen LogP contribution in [0.25, 0.3) is 0 Å². The Labute approximate surface area is 122 Å². The number of amides is 1. The maximum absolute atomic E-state index is 12.3.